The van der Waals surface area contributed by atoms with Crippen LogP contribution in [0.4, 0.5) is 0 Å². The monoisotopic (exact) mass is 289 g/mol. The highest BCUT2D eigenvalue weighted by molar-refractivity contribution is 5.77. The summed E-state index contributed by atoms with van der Waals surface area (Å²) in [5.74, 6) is 1.35. The highest BCUT2D eigenvalue weighted by Crippen LogP contribution is 2.26. The molecule has 3 N–H and O–H groups in total. The minimum Gasteiger partial charge on any atom is -0.381 e. The van der Waals surface area contributed by atoms with Gasteiger partial charge in [-0.15, -0.1) is 0 Å². The first kappa shape index (κ1) is 15.8. The maximum absolute atomic E-state index is 5.82. The average molecular weight is 289 g/mol. The van der Waals surface area contributed by atoms with E-state index in [0.717, 1.165) is 45.1 Å². The molecule has 1 aromatic rings. The number of hydrogen-bond acceptors (Lipinski definition) is 2. The normalized spacial score (nSPS) is 15.7. The lowest BCUT2D eigenvalue weighted by atomic mass is 9.86. The molecule has 0 bridgehead atoms. The van der Waals surface area contributed by atoms with Gasteiger partial charge >= 0.3 is 0 Å². The van der Waals surface area contributed by atoms with Gasteiger partial charge in [0.1, 0.15) is 0 Å². The van der Waals surface area contributed by atoms with Crippen LogP contribution in [0, 0.1) is 5.92 Å². The molecule has 1 aromatic carbocycles. The molecule has 0 heterocycles. The van der Waals surface area contributed by atoms with Gasteiger partial charge in [0.2, 0.25) is 0 Å². The Morgan fingerprint density at radius 1 is 1.24 bits per heavy atom. The first-order chi connectivity index (χ1) is 10.3. The van der Waals surface area contributed by atoms with Crippen molar-refractivity contribution in [1.29, 1.82) is 0 Å². The molecule has 0 saturated heterocycles. The van der Waals surface area contributed by atoms with Crippen molar-refractivity contribution in [1.82, 2.24) is 5.32 Å². The van der Waals surface area contributed by atoms with Crippen molar-refractivity contribution in [2.75, 3.05) is 26.3 Å². The SMILES string of the molecule is NC(=NCC1CCC1)NCCCOCCc1ccccc1. The zero-order chi connectivity index (χ0) is 14.8. The van der Waals surface area contributed by atoms with E-state index in [1.54, 1.807) is 0 Å². The van der Waals surface area contributed by atoms with Crippen LogP contribution in [-0.4, -0.2) is 32.3 Å². The summed E-state index contributed by atoms with van der Waals surface area (Å²) in [5.41, 5.74) is 7.14. The summed E-state index contributed by atoms with van der Waals surface area (Å²) in [6.45, 7) is 3.24. The molecule has 116 valence electrons. The summed E-state index contributed by atoms with van der Waals surface area (Å²) < 4.78 is 5.62. The van der Waals surface area contributed by atoms with Crippen molar-refractivity contribution < 1.29 is 4.74 Å². The van der Waals surface area contributed by atoms with Gasteiger partial charge in [0.05, 0.1) is 6.61 Å². The minimum atomic E-state index is 0.575. The molecular formula is C17H27N3O. The maximum Gasteiger partial charge on any atom is 0.188 e. The first-order valence-electron chi connectivity index (χ1n) is 8.00. The Morgan fingerprint density at radius 3 is 2.76 bits per heavy atom. The zero-order valence-corrected chi connectivity index (χ0v) is 12.8. The molecule has 1 aliphatic rings. The molecule has 1 fully saturated rings. The molecule has 2 rings (SSSR count). The van der Waals surface area contributed by atoms with E-state index in [4.69, 9.17) is 10.5 Å². The van der Waals surface area contributed by atoms with Crippen molar-refractivity contribution in [3.63, 3.8) is 0 Å². The standard InChI is InChI=1S/C17H27N3O/c18-17(20-14-16-8-4-9-16)19-11-5-12-21-13-10-15-6-2-1-3-7-15/h1-3,6-7,16H,4-5,8-14H2,(H3,18,19,20). The fourth-order valence-corrected chi connectivity index (χ4v) is 2.29. The lowest BCUT2D eigenvalue weighted by molar-refractivity contribution is 0.135. The van der Waals surface area contributed by atoms with Crippen molar-refractivity contribution in [2.45, 2.75) is 32.1 Å². The van der Waals surface area contributed by atoms with Crippen molar-refractivity contribution >= 4 is 5.96 Å². The second-order valence-electron chi connectivity index (χ2n) is 5.65. The van der Waals surface area contributed by atoms with E-state index in [-0.39, 0.29) is 0 Å². The number of nitrogens with two attached hydrogens (primary N) is 1. The summed E-state index contributed by atoms with van der Waals surface area (Å²) in [7, 11) is 0. The molecule has 0 unspecified atom stereocenters. The second-order valence-corrected chi connectivity index (χ2v) is 5.65. The third-order valence-electron chi connectivity index (χ3n) is 3.89. The van der Waals surface area contributed by atoms with E-state index in [1.807, 2.05) is 6.07 Å². The van der Waals surface area contributed by atoms with Gasteiger partial charge in [-0.1, -0.05) is 36.8 Å². The molecular weight excluding hydrogens is 262 g/mol. The maximum atomic E-state index is 5.82. The molecule has 1 saturated carbocycles. The summed E-state index contributed by atoms with van der Waals surface area (Å²) >= 11 is 0. The number of ether oxygens (including phenoxy) is 1. The molecule has 4 nitrogen and oxygen atoms in total. The Labute approximate surface area is 127 Å². The van der Waals surface area contributed by atoms with Crippen LogP contribution in [-0.2, 0) is 11.2 Å². The van der Waals surface area contributed by atoms with E-state index in [9.17, 15) is 0 Å². The third kappa shape index (κ3) is 6.63. The Morgan fingerprint density at radius 2 is 2.05 bits per heavy atom. The molecule has 1 aliphatic carbocycles. The summed E-state index contributed by atoms with van der Waals surface area (Å²) in [4.78, 5) is 4.36. The predicted molar refractivity (Wildman–Crippen MR) is 87.4 cm³/mol. The van der Waals surface area contributed by atoms with Crippen LogP contribution >= 0.6 is 0 Å². The van der Waals surface area contributed by atoms with Gasteiger partial charge in [-0.05, 0) is 37.2 Å². The highest BCUT2D eigenvalue weighted by Gasteiger charge is 2.16. The van der Waals surface area contributed by atoms with Gasteiger partial charge in [-0.3, -0.25) is 4.99 Å². The number of benzene rings is 1. The zero-order valence-electron chi connectivity index (χ0n) is 12.8. The van der Waals surface area contributed by atoms with E-state index >= 15 is 0 Å². The third-order valence-corrected chi connectivity index (χ3v) is 3.89. The smallest absolute Gasteiger partial charge is 0.188 e. The van der Waals surface area contributed by atoms with Gasteiger partial charge in [0, 0.05) is 19.7 Å². The molecule has 0 aliphatic heterocycles. The lowest BCUT2D eigenvalue weighted by Gasteiger charge is -2.23. The summed E-state index contributed by atoms with van der Waals surface area (Å²) in [5, 5.41) is 3.14. The molecule has 4 heteroatoms. The topological polar surface area (TPSA) is 59.6 Å². The Balaban J connectivity index is 1.42. The van der Waals surface area contributed by atoms with Crippen LogP contribution in [0.2, 0.25) is 0 Å². The van der Waals surface area contributed by atoms with Crippen LogP contribution in [0.25, 0.3) is 0 Å². The quantitative estimate of drug-likeness (QED) is 0.417. The van der Waals surface area contributed by atoms with Crippen LogP contribution in [0.1, 0.15) is 31.2 Å². The van der Waals surface area contributed by atoms with E-state index in [1.165, 1.54) is 24.8 Å². The molecule has 0 atom stereocenters. The number of rotatable bonds is 9. The minimum absolute atomic E-state index is 0.575. The fourth-order valence-electron chi connectivity index (χ4n) is 2.29. The summed E-state index contributed by atoms with van der Waals surface area (Å²) in [6, 6.07) is 10.4. The molecule has 0 radical (unpaired) electrons. The highest BCUT2D eigenvalue weighted by atomic mass is 16.5. The fraction of sp³-hybridized carbons (Fsp3) is 0.588. The van der Waals surface area contributed by atoms with Gasteiger partial charge in [-0.2, -0.15) is 0 Å². The largest absolute Gasteiger partial charge is 0.381 e. The van der Waals surface area contributed by atoms with Gasteiger partial charge < -0.3 is 15.8 Å². The Hall–Kier alpha value is -1.55. The Kier molecular flexibility index (Phi) is 7.08. The Bertz CT molecular complexity index is 415. The van der Waals surface area contributed by atoms with Crippen LogP contribution in [0.3, 0.4) is 0 Å². The van der Waals surface area contributed by atoms with E-state index in [2.05, 4.69) is 34.6 Å². The van der Waals surface area contributed by atoms with Crippen molar-refractivity contribution in [3.05, 3.63) is 35.9 Å². The predicted octanol–water partition coefficient (Wildman–Crippen LogP) is 2.34. The molecule has 0 spiro atoms. The average Bonchev–Trinajstić information content (AvgIpc) is 2.46. The van der Waals surface area contributed by atoms with Crippen LogP contribution in [0.5, 0.6) is 0 Å². The number of guanidine groups is 1. The number of hydrogen-bond donors (Lipinski definition) is 2. The van der Waals surface area contributed by atoms with E-state index < -0.39 is 0 Å². The van der Waals surface area contributed by atoms with Gasteiger partial charge in [-0.25, -0.2) is 0 Å². The number of aliphatic imine (C=N–C) groups is 1. The van der Waals surface area contributed by atoms with E-state index in [0.29, 0.717) is 5.96 Å². The number of nitrogens with one attached hydrogen (secondary N) is 1. The number of nitrogens with zero attached hydrogens (tertiary/aromatic N) is 1. The second kappa shape index (κ2) is 9.40. The van der Waals surface area contributed by atoms with Crippen LogP contribution < -0.4 is 11.1 Å². The molecule has 0 amide bonds. The van der Waals surface area contributed by atoms with Crippen molar-refractivity contribution in [3.8, 4) is 0 Å². The first-order valence-corrected chi connectivity index (χ1v) is 8.00. The molecule has 0 aromatic heterocycles. The molecule has 21 heavy (non-hydrogen) atoms. The van der Waals surface area contributed by atoms with Crippen molar-refractivity contribution in [2.24, 2.45) is 16.6 Å². The van der Waals surface area contributed by atoms with Gasteiger partial charge in [0.15, 0.2) is 5.96 Å². The lowest BCUT2D eigenvalue weighted by Crippen LogP contribution is -2.33. The van der Waals surface area contributed by atoms with Crippen LogP contribution in [0.15, 0.2) is 35.3 Å². The van der Waals surface area contributed by atoms with Gasteiger partial charge in [0.25, 0.3) is 0 Å². The summed E-state index contributed by atoms with van der Waals surface area (Å²) in [6.07, 6.45) is 5.90.